The van der Waals surface area contributed by atoms with Crippen molar-refractivity contribution in [2.24, 2.45) is 4.99 Å². The summed E-state index contributed by atoms with van der Waals surface area (Å²) in [5.74, 6) is 0. The van der Waals surface area contributed by atoms with Crippen LogP contribution in [-0.4, -0.2) is 11.3 Å². The minimum Gasteiger partial charge on any atom is -0.278 e. The first kappa shape index (κ1) is 12.9. The van der Waals surface area contributed by atoms with Gasteiger partial charge in [-0.1, -0.05) is 43.4 Å². The molecule has 2 aliphatic carbocycles. The van der Waals surface area contributed by atoms with Crippen LogP contribution in [0.2, 0.25) is 0 Å². The summed E-state index contributed by atoms with van der Waals surface area (Å²) in [6, 6.07) is 8.27. The molecule has 0 saturated heterocycles. The van der Waals surface area contributed by atoms with Gasteiger partial charge in [0.2, 0.25) is 0 Å². The third kappa shape index (κ3) is 2.10. The van der Waals surface area contributed by atoms with Gasteiger partial charge in [0.1, 0.15) is 0 Å². The molecule has 0 amide bonds. The molecule has 0 N–H and O–H groups in total. The van der Waals surface area contributed by atoms with E-state index in [1.54, 1.807) is 0 Å². The predicted molar refractivity (Wildman–Crippen MR) is 81.9 cm³/mol. The molecule has 3 rings (SSSR count). The molecule has 2 nitrogen and oxygen atoms in total. The Labute approximate surface area is 120 Å². The molecule has 2 aliphatic rings. The Morgan fingerprint density at radius 2 is 2.20 bits per heavy atom. The summed E-state index contributed by atoms with van der Waals surface area (Å²) in [6.07, 6.45) is 12.5. The minimum atomic E-state index is -0.0889. The average molecular weight is 262 g/mol. The van der Waals surface area contributed by atoms with E-state index < -0.39 is 0 Å². The second-order valence-corrected chi connectivity index (χ2v) is 5.45. The van der Waals surface area contributed by atoms with Gasteiger partial charge >= 0.3 is 0 Å². The van der Waals surface area contributed by atoms with Crippen molar-refractivity contribution in [1.29, 1.82) is 5.26 Å². The summed E-state index contributed by atoms with van der Waals surface area (Å²) < 4.78 is 0. The molecule has 1 aromatic carbocycles. The molecule has 0 spiro atoms. The van der Waals surface area contributed by atoms with Crippen LogP contribution < -0.4 is 0 Å². The number of fused-ring (bicyclic) bond motifs is 1. The fraction of sp³-hybridized carbons (Fsp3) is 0.333. The van der Waals surface area contributed by atoms with E-state index >= 15 is 0 Å². The van der Waals surface area contributed by atoms with Crippen LogP contribution in [0.15, 0.2) is 47.5 Å². The Hall–Kier alpha value is -2.14. The SMILES string of the molecule is CCC1(/N=C2/CCc3c(C#N)cccc32)C=CC=CC1. The van der Waals surface area contributed by atoms with Crippen LogP contribution in [0.3, 0.4) is 0 Å². The van der Waals surface area contributed by atoms with E-state index in [0.717, 1.165) is 31.2 Å². The van der Waals surface area contributed by atoms with Crippen LogP contribution >= 0.6 is 0 Å². The van der Waals surface area contributed by atoms with Crippen molar-refractivity contribution >= 4 is 5.71 Å². The highest BCUT2D eigenvalue weighted by Crippen LogP contribution is 2.31. The van der Waals surface area contributed by atoms with Gasteiger partial charge in [-0.25, -0.2) is 0 Å². The molecule has 0 aliphatic heterocycles. The molecule has 0 radical (unpaired) electrons. The quantitative estimate of drug-likeness (QED) is 0.794. The Kier molecular flexibility index (Phi) is 3.28. The maximum Gasteiger partial charge on any atom is 0.0994 e. The molecule has 0 fully saturated rings. The highest BCUT2D eigenvalue weighted by Gasteiger charge is 2.28. The van der Waals surface area contributed by atoms with Crippen LogP contribution in [0.5, 0.6) is 0 Å². The Morgan fingerprint density at radius 3 is 2.90 bits per heavy atom. The molecular formula is C18H18N2. The van der Waals surface area contributed by atoms with Gasteiger partial charge in [-0.2, -0.15) is 5.26 Å². The van der Waals surface area contributed by atoms with Gasteiger partial charge in [0, 0.05) is 11.3 Å². The zero-order chi connectivity index (χ0) is 14.0. The van der Waals surface area contributed by atoms with E-state index in [2.05, 4.69) is 43.4 Å². The fourth-order valence-corrected chi connectivity index (χ4v) is 3.07. The van der Waals surface area contributed by atoms with Crippen LogP contribution in [0.4, 0.5) is 0 Å². The first-order valence-electron chi connectivity index (χ1n) is 7.23. The number of nitrogens with zero attached hydrogens (tertiary/aromatic N) is 2. The molecule has 0 bridgehead atoms. The lowest BCUT2D eigenvalue weighted by molar-refractivity contribution is 0.516. The third-order valence-electron chi connectivity index (χ3n) is 4.31. The van der Waals surface area contributed by atoms with E-state index in [1.165, 1.54) is 16.8 Å². The lowest BCUT2D eigenvalue weighted by Crippen LogP contribution is -2.25. The van der Waals surface area contributed by atoms with Crippen molar-refractivity contribution in [1.82, 2.24) is 0 Å². The monoisotopic (exact) mass is 262 g/mol. The van der Waals surface area contributed by atoms with E-state index in [1.807, 2.05) is 12.1 Å². The van der Waals surface area contributed by atoms with Gasteiger partial charge < -0.3 is 0 Å². The van der Waals surface area contributed by atoms with Gasteiger partial charge in [-0.05, 0) is 37.3 Å². The summed E-state index contributed by atoms with van der Waals surface area (Å²) in [6.45, 7) is 2.19. The number of hydrogen-bond donors (Lipinski definition) is 0. The van der Waals surface area contributed by atoms with E-state index in [-0.39, 0.29) is 5.54 Å². The van der Waals surface area contributed by atoms with Crippen molar-refractivity contribution in [3.8, 4) is 6.07 Å². The summed E-state index contributed by atoms with van der Waals surface area (Å²) in [5.41, 5.74) is 4.24. The summed E-state index contributed by atoms with van der Waals surface area (Å²) >= 11 is 0. The van der Waals surface area contributed by atoms with Crippen LogP contribution in [0.1, 0.15) is 42.9 Å². The van der Waals surface area contributed by atoms with E-state index in [4.69, 9.17) is 4.99 Å². The standard InChI is InChI=1S/C18H18N2/c1-2-18(11-4-3-5-12-18)20-17-10-9-15-14(13-19)7-6-8-16(15)17/h3-8,11H,2,9-10,12H2,1H3/b20-17-. The van der Waals surface area contributed by atoms with Crippen molar-refractivity contribution in [2.45, 2.75) is 38.1 Å². The highest BCUT2D eigenvalue weighted by atomic mass is 14.9. The number of aliphatic imine (C=N–C) groups is 1. The first-order chi connectivity index (χ1) is 9.78. The highest BCUT2D eigenvalue weighted by molar-refractivity contribution is 6.05. The third-order valence-corrected chi connectivity index (χ3v) is 4.31. The van der Waals surface area contributed by atoms with Crippen molar-refractivity contribution in [3.05, 3.63) is 59.2 Å². The number of rotatable bonds is 2. The molecule has 0 heterocycles. The molecule has 1 unspecified atom stereocenters. The van der Waals surface area contributed by atoms with E-state index in [9.17, 15) is 5.26 Å². The molecule has 0 saturated carbocycles. The van der Waals surface area contributed by atoms with Crippen LogP contribution in [-0.2, 0) is 6.42 Å². The van der Waals surface area contributed by atoms with Crippen molar-refractivity contribution in [2.75, 3.05) is 0 Å². The first-order valence-corrected chi connectivity index (χ1v) is 7.23. The Balaban J connectivity index is 2.03. The normalized spacial score (nSPS) is 25.7. The zero-order valence-corrected chi connectivity index (χ0v) is 11.8. The molecular weight excluding hydrogens is 244 g/mol. The number of benzene rings is 1. The van der Waals surface area contributed by atoms with Gasteiger partial charge in [0.05, 0.1) is 17.2 Å². The fourth-order valence-electron chi connectivity index (χ4n) is 3.07. The Morgan fingerprint density at radius 1 is 1.30 bits per heavy atom. The maximum atomic E-state index is 9.20. The summed E-state index contributed by atoms with van der Waals surface area (Å²) in [5, 5.41) is 9.20. The van der Waals surface area contributed by atoms with Crippen molar-refractivity contribution in [3.63, 3.8) is 0 Å². The number of hydrogen-bond acceptors (Lipinski definition) is 2. The van der Waals surface area contributed by atoms with Crippen LogP contribution in [0.25, 0.3) is 0 Å². The van der Waals surface area contributed by atoms with E-state index in [0.29, 0.717) is 0 Å². The topological polar surface area (TPSA) is 36.1 Å². The molecule has 0 aromatic heterocycles. The maximum absolute atomic E-state index is 9.20. The smallest absolute Gasteiger partial charge is 0.0994 e. The molecule has 20 heavy (non-hydrogen) atoms. The molecule has 100 valence electrons. The number of allylic oxidation sites excluding steroid dienone is 2. The van der Waals surface area contributed by atoms with Gasteiger partial charge in [-0.15, -0.1) is 0 Å². The summed E-state index contributed by atoms with van der Waals surface area (Å²) in [7, 11) is 0. The second-order valence-electron chi connectivity index (χ2n) is 5.45. The van der Waals surface area contributed by atoms with Gasteiger partial charge in [0.25, 0.3) is 0 Å². The molecule has 1 aromatic rings. The minimum absolute atomic E-state index is 0.0889. The predicted octanol–water partition coefficient (Wildman–Crippen LogP) is 3.96. The van der Waals surface area contributed by atoms with Gasteiger partial charge in [0.15, 0.2) is 0 Å². The second kappa shape index (κ2) is 5.09. The average Bonchev–Trinajstić information content (AvgIpc) is 2.91. The van der Waals surface area contributed by atoms with Gasteiger partial charge in [-0.3, -0.25) is 4.99 Å². The largest absolute Gasteiger partial charge is 0.278 e. The van der Waals surface area contributed by atoms with Crippen molar-refractivity contribution < 1.29 is 0 Å². The summed E-state index contributed by atoms with van der Waals surface area (Å²) in [4.78, 5) is 5.07. The van der Waals surface area contributed by atoms with Crippen LogP contribution in [0, 0.1) is 11.3 Å². The zero-order valence-electron chi connectivity index (χ0n) is 11.8. The molecule has 2 heteroatoms. The lowest BCUT2D eigenvalue weighted by atomic mass is 9.89. The molecule has 1 atom stereocenters. The number of nitriles is 1. The lowest BCUT2D eigenvalue weighted by Gasteiger charge is -2.26. The Bertz CT molecular complexity index is 658.